The molecule has 2 N–H and O–H groups in total. The van der Waals surface area contributed by atoms with Gasteiger partial charge in [0.05, 0.1) is 0 Å². The van der Waals surface area contributed by atoms with Crippen LogP contribution in [0.2, 0.25) is 0 Å². The van der Waals surface area contributed by atoms with E-state index >= 15 is 0 Å². The molecular formula is C29H57NNa4O6. The Balaban J connectivity index is -0.00000102. The number of hydrogen-bond acceptors (Lipinski definition) is 7. The molecule has 0 aromatic rings. The Hall–Kier alpha value is 2.24. The van der Waals surface area contributed by atoms with Gasteiger partial charge in [0.25, 0.3) is 0 Å². The van der Waals surface area contributed by atoms with Crippen molar-refractivity contribution in [2.24, 2.45) is 5.73 Å². The molecule has 218 valence electrons. The Kier molecular flexibility index (Phi) is 50.8. The van der Waals surface area contributed by atoms with Crippen molar-refractivity contribution in [2.45, 2.75) is 161 Å². The van der Waals surface area contributed by atoms with E-state index in [9.17, 15) is 19.2 Å². The standard InChI is InChI=1S/C29H53NO6.4Na.4H/c1-3-5-7-9-11-13-15-17-19-21-26(31)35-28(33)24-23-25(30)29(34)36-27(32)22-20-18-16-14-12-10-8-6-4-2;;;;;;;;/h25H,3-24,30H2,1-2H3;;;;;;;;/t25-;;;;;;;;/m0......../s1. The van der Waals surface area contributed by atoms with Crippen molar-refractivity contribution < 1.29 is 28.7 Å². The molecule has 11 heteroatoms. The third kappa shape index (κ3) is 36.4. The first-order chi connectivity index (χ1) is 17.4. The molecule has 0 aliphatic heterocycles. The number of rotatable bonds is 24. The van der Waals surface area contributed by atoms with Gasteiger partial charge in [0, 0.05) is 19.3 Å². The summed E-state index contributed by atoms with van der Waals surface area (Å²) >= 11 is 0. The van der Waals surface area contributed by atoms with E-state index in [0.717, 1.165) is 25.7 Å². The average molecular weight is 608 g/mol. The van der Waals surface area contributed by atoms with Crippen LogP contribution >= 0.6 is 0 Å². The van der Waals surface area contributed by atoms with Crippen molar-refractivity contribution in [1.82, 2.24) is 0 Å². The average Bonchev–Trinajstić information content (AvgIpc) is 2.85. The van der Waals surface area contributed by atoms with Crippen LogP contribution in [0, 0.1) is 0 Å². The van der Waals surface area contributed by atoms with Crippen LogP contribution in [0.5, 0.6) is 0 Å². The second kappa shape index (κ2) is 39.3. The number of carbonyl (C=O) groups excluding carboxylic acids is 4. The normalized spacial score (nSPS) is 10.6. The number of unbranched alkanes of at least 4 members (excludes halogenated alkanes) is 16. The first kappa shape index (κ1) is 51.8. The maximum absolute atomic E-state index is 12.0. The van der Waals surface area contributed by atoms with Gasteiger partial charge in [-0.25, -0.2) is 4.79 Å². The summed E-state index contributed by atoms with van der Waals surface area (Å²) in [5, 5.41) is 0. The second-order valence-electron chi connectivity index (χ2n) is 9.94. The summed E-state index contributed by atoms with van der Waals surface area (Å²) in [6, 6.07) is -1.10. The van der Waals surface area contributed by atoms with E-state index in [1.165, 1.54) is 77.0 Å². The van der Waals surface area contributed by atoms with E-state index in [4.69, 9.17) is 15.2 Å². The minimum atomic E-state index is -1.10. The van der Waals surface area contributed by atoms with Gasteiger partial charge < -0.3 is 15.2 Å². The number of nitrogens with two attached hydrogens (primary N) is 1. The Labute approximate surface area is 333 Å². The number of esters is 4. The molecule has 0 unspecified atom stereocenters. The fraction of sp³-hybridized carbons (Fsp3) is 0.862. The van der Waals surface area contributed by atoms with Gasteiger partial charge in [0.1, 0.15) is 6.04 Å². The van der Waals surface area contributed by atoms with E-state index in [2.05, 4.69) is 13.8 Å². The van der Waals surface area contributed by atoms with Crippen LogP contribution in [0.3, 0.4) is 0 Å². The zero-order chi connectivity index (χ0) is 26.9. The van der Waals surface area contributed by atoms with Crippen LogP contribution in [-0.2, 0) is 28.7 Å². The van der Waals surface area contributed by atoms with E-state index in [-0.39, 0.29) is 144 Å². The van der Waals surface area contributed by atoms with E-state index in [1.54, 1.807) is 0 Å². The van der Waals surface area contributed by atoms with Crippen molar-refractivity contribution in [3.8, 4) is 0 Å². The molecule has 0 aromatic heterocycles. The van der Waals surface area contributed by atoms with Gasteiger partial charge in [-0.1, -0.05) is 117 Å². The molecule has 7 nitrogen and oxygen atoms in total. The van der Waals surface area contributed by atoms with Crippen molar-refractivity contribution in [3.05, 3.63) is 0 Å². The predicted molar refractivity (Wildman–Crippen MR) is 172 cm³/mol. The third-order valence-electron chi connectivity index (χ3n) is 6.37. The fourth-order valence-corrected chi connectivity index (χ4v) is 4.02. The van der Waals surface area contributed by atoms with Gasteiger partial charge in [0.15, 0.2) is 0 Å². The molecule has 0 amide bonds. The Morgan fingerprint density at radius 2 is 0.775 bits per heavy atom. The summed E-state index contributed by atoms with van der Waals surface area (Å²) < 4.78 is 9.58. The van der Waals surface area contributed by atoms with Crippen LogP contribution in [-0.4, -0.2) is 148 Å². The van der Waals surface area contributed by atoms with Crippen LogP contribution in [0.1, 0.15) is 155 Å². The zero-order valence-electron chi connectivity index (χ0n) is 23.2. The summed E-state index contributed by atoms with van der Waals surface area (Å²) in [5.41, 5.74) is 5.73. The molecule has 0 aliphatic carbocycles. The first-order valence-corrected chi connectivity index (χ1v) is 14.6. The molecule has 0 saturated heterocycles. The van der Waals surface area contributed by atoms with Gasteiger partial charge >= 0.3 is 142 Å². The molecule has 0 fully saturated rings. The minimum absolute atomic E-state index is 0. The van der Waals surface area contributed by atoms with E-state index in [0.29, 0.717) is 12.8 Å². The Morgan fingerprint density at radius 3 is 1.15 bits per heavy atom. The summed E-state index contributed by atoms with van der Waals surface area (Å²) in [6.45, 7) is 4.40. The third-order valence-corrected chi connectivity index (χ3v) is 6.37. The Morgan fingerprint density at radius 1 is 0.475 bits per heavy atom. The monoisotopic (exact) mass is 607 g/mol. The molecular weight excluding hydrogens is 550 g/mol. The molecule has 1 atom stereocenters. The Bertz CT molecular complexity index is 611. The van der Waals surface area contributed by atoms with Crippen LogP contribution in [0.15, 0.2) is 0 Å². The maximum atomic E-state index is 12.0. The molecule has 0 bridgehead atoms. The molecule has 0 spiro atoms. The van der Waals surface area contributed by atoms with Crippen LogP contribution in [0.25, 0.3) is 0 Å². The van der Waals surface area contributed by atoms with Crippen LogP contribution < -0.4 is 5.73 Å². The fourth-order valence-electron chi connectivity index (χ4n) is 4.02. The topological polar surface area (TPSA) is 113 Å². The van der Waals surface area contributed by atoms with Crippen molar-refractivity contribution in [3.63, 3.8) is 0 Å². The van der Waals surface area contributed by atoms with Crippen molar-refractivity contribution >= 4 is 142 Å². The number of hydrogen-bond donors (Lipinski definition) is 1. The summed E-state index contributed by atoms with van der Waals surface area (Å²) in [5.74, 6) is -2.68. The molecule has 0 aliphatic rings. The van der Waals surface area contributed by atoms with Gasteiger partial charge in [-0.05, 0) is 19.3 Å². The molecule has 0 radical (unpaired) electrons. The van der Waals surface area contributed by atoms with Gasteiger partial charge in [0.2, 0.25) is 0 Å². The quantitative estimate of drug-likeness (QED) is 0.0745. The van der Waals surface area contributed by atoms with Gasteiger partial charge in [-0.15, -0.1) is 0 Å². The number of carbonyl (C=O) groups is 4. The second-order valence-corrected chi connectivity index (χ2v) is 9.94. The van der Waals surface area contributed by atoms with E-state index in [1.807, 2.05) is 0 Å². The molecule has 0 heterocycles. The van der Waals surface area contributed by atoms with Gasteiger partial charge in [-0.3, -0.25) is 14.4 Å². The molecule has 0 saturated carbocycles. The molecule has 0 aromatic carbocycles. The molecule has 40 heavy (non-hydrogen) atoms. The van der Waals surface area contributed by atoms with Gasteiger partial charge in [-0.2, -0.15) is 0 Å². The van der Waals surface area contributed by atoms with E-state index < -0.39 is 29.9 Å². The molecule has 0 rings (SSSR count). The first-order valence-electron chi connectivity index (χ1n) is 14.6. The van der Waals surface area contributed by atoms with Crippen molar-refractivity contribution in [2.75, 3.05) is 0 Å². The summed E-state index contributed by atoms with van der Waals surface area (Å²) in [6.07, 6.45) is 20.6. The van der Waals surface area contributed by atoms with Crippen molar-refractivity contribution in [1.29, 1.82) is 0 Å². The number of ether oxygens (including phenoxy) is 2. The summed E-state index contributed by atoms with van der Waals surface area (Å²) in [4.78, 5) is 47.4. The zero-order valence-corrected chi connectivity index (χ0v) is 23.2. The predicted octanol–water partition coefficient (Wildman–Crippen LogP) is 4.48. The van der Waals surface area contributed by atoms with Crippen LogP contribution in [0.4, 0.5) is 0 Å². The SMILES string of the molecule is CCCCCCCCCCCC(=O)OC(=O)CC[C@H](N)C(=O)OC(=O)CCCCCCCCCCC.[NaH].[NaH].[NaH].[NaH]. The summed E-state index contributed by atoms with van der Waals surface area (Å²) in [7, 11) is 0.